The second-order valence-electron chi connectivity index (χ2n) is 11.3. The number of alkyl halides is 6. The number of carbonyl (C=O) groups is 1. The van der Waals surface area contributed by atoms with Crippen molar-refractivity contribution in [3.63, 3.8) is 0 Å². The van der Waals surface area contributed by atoms with Crippen molar-refractivity contribution in [1.82, 2.24) is 15.3 Å². The molecule has 46 heavy (non-hydrogen) atoms. The Balaban J connectivity index is 1.42. The van der Waals surface area contributed by atoms with Gasteiger partial charge in [-0.05, 0) is 73.1 Å². The monoisotopic (exact) mass is 691 g/mol. The standard InChI is InChI=1S/C30H29Cl2F6N5O3/c1-2-45-26(44)22-14-28(15-40-22)5-7-43(8-6-28)23-13-24(42-27(39)41-23)46-25(30(36,37)38)20-4-3-18(31)12-21(20)16-9-17(29(33,34)35)11-19(32)10-16/h3-4,9-13,22,25,40H,2,5-8,14-15H2,1H3,(H2,39,41,42)/t22-,25+/m0/s1. The molecule has 0 amide bonds. The predicted molar refractivity (Wildman–Crippen MR) is 160 cm³/mol. The van der Waals surface area contributed by atoms with Gasteiger partial charge in [0.25, 0.3) is 0 Å². The third kappa shape index (κ3) is 7.55. The lowest BCUT2D eigenvalue weighted by Gasteiger charge is -2.39. The second kappa shape index (κ2) is 13.0. The van der Waals surface area contributed by atoms with Gasteiger partial charge in [0.1, 0.15) is 11.9 Å². The minimum Gasteiger partial charge on any atom is -0.465 e. The molecule has 0 radical (unpaired) electrons. The lowest BCUT2D eigenvalue weighted by Crippen LogP contribution is -2.41. The number of carbonyl (C=O) groups excluding carboxylic acids is 1. The van der Waals surface area contributed by atoms with E-state index in [0.717, 1.165) is 18.2 Å². The highest BCUT2D eigenvalue weighted by Gasteiger charge is 2.46. The molecule has 2 aromatic carbocycles. The van der Waals surface area contributed by atoms with Gasteiger partial charge in [0.05, 0.1) is 12.2 Å². The summed E-state index contributed by atoms with van der Waals surface area (Å²) in [5.74, 6) is -0.879. The topological polar surface area (TPSA) is 103 Å². The van der Waals surface area contributed by atoms with Crippen molar-refractivity contribution in [3.8, 4) is 17.0 Å². The number of hydrogen-bond acceptors (Lipinski definition) is 8. The van der Waals surface area contributed by atoms with Crippen molar-refractivity contribution < 1.29 is 40.6 Å². The molecular weight excluding hydrogens is 663 g/mol. The molecule has 0 saturated carbocycles. The maximum absolute atomic E-state index is 14.6. The Hall–Kier alpha value is -3.49. The number of aromatic nitrogens is 2. The van der Waals surface area contributed by atoms with Crippen LogP contribution in [0.25, 0.3) is 11.1 Å². The Morgan fingerprint density at radius 3 is 2.43 bits per heavy atom. The largest absolute Gasteiger partial charge is 0.465 e. The van der Waals surface area contributed by atoms with Crippen LogP contribution in [0.5, 0.6) is 5.88 Å². The number of hydrogen-bond donors (Lipinski definition) is 2. The quantitative estimate of drug-likeness (QED) is 0.197. The number of rotatable bonds is 7. The van der Waals surface area contributed by atoms with E-state index in [2.05, 4.69) is 15.3 Å². The van der Waals surface area contributed by atoms with E-state index in [4.69, 9.17) is 38.4 Å². The van der Waals surface area contributed by atoms with Crippen LogP contribution in [0.15, 0.2) is 42.5 Å². The summed E-state index contributed by atoms with van der Waals surface area (Å²) < 4.78 is 95.0. The lowest BCUT2D eigenvalue weighted by molar-refractivity contribution is -0.198. The summed E-state index contributed by atoms with van der Waals surface area (Å²) in [5.41, 5.74) is 3.57. The number of ether oxygens (including phenoxy) is 2. The molecule has 5 rings (SSSR count). The zero-order valence-electron chi connectivity index (χ0n) is 24.3. The molecule has 8 nitrogen and oxygen atoms in total. The molecule has 16 heteroatoms. The number of anilines is 2. The summed E-state index contributed by atoms with van der Waals surface area (Å²) in [5, 5.41) is 2.87. The Morgan fingerprint density at radius 2 is 1.78 bits per heavy atom. The van der Waals surface area contributed by atoms with Crippen LogP contribution in [0.1, 0.15) is 43.4 Å². The van der Waals surface area contributed by atoms with Gasteiger partial charge in [-0.15, -0.1) is 0 Å². The number of nitrogens with one attached hydrogen (secondary N) is 1. The highest BCUT2D eigenvalue weighted by molar-refractivity contribution is 6.31. The molecule has 3 N–H and O–H groups in total. The van der Waals surface area contributed by atoms with Crippen LogP contribution in [0.2, 0.25) is 10.0 Å². The smallest absolute Gasteiger partial charge is 0.429 e. The summed E-state index contributed by atoms with van der Waals surface area (Å²) in [6, 6.07) is 6.61. The predicted octanol–water partition coefficient (Wildman–Crippen LogP) is 7.25. The van der Waals surface area contributed by atoms with Crippen molar-refractivity contribution in [2.24, 2.45) is 5.41 Å². The van der Waals surface area contributed by atoms with Crippen LogP contribution in [0, 0.1) is 5.41 Å². The van der Waals surface area contributed by atoms with Gasteiger partial charge >= 0.3 is 18.3 Å². The summed E-state index contributed by atoms with van der Waals surface area (Å²) in [7, 11) is 0. The molecule has 2 aliphatic heterocycles. The van der Waals surface area contributed by atoms with Gasteiger partial charge in [0.2, 0.25) is 17.9 Å². The van der Waals surface area contributed by atoms with E-state index in [9.17, 15) is 31.1 Å². The lowest BCUT2D eigenvalue weighted by atomic mass is 9.76. The number of nitrogen functional groups attached to an aromatic ring is 1. The number of halogens is 8. The average molecular weight is 692 g/mol. The number of benzene rings is 2. The van der Waals surface area contributed by atoms with E-state index in [0.29, 0.717) is 51.0 Å². The van der Waals surface area contributed by atoms with Crippen LogP contribution in [0.4, 0.5) is 38.1 Å². The molecule has 2 saturated heterocycles. The Labute approximate surface area is 270 Å². The summed E-state index contributed by atoms with van der Waals surface area (Å²) >= 11 is 12.0. The fourth-order valence-corrected chi connectivity index (χ4v) is 6.32. The van der Waals surface area contributed by atoms with Gasteiger partial charge in [-0.2, -0.15) is 36.3 Å². The molecule has 248 valence electrons. The van der Waals surface area contributed by atoms with Crippen LogP contribution >= 0.6 is 23.2 Å². The first-order chi connectivity index (χ1) is 21.6. The molecule has 0 unspecified atom stereocenters. The second-order valence-corrected chi connectivity index (χ2v) is 12.2. The zero-order valence-corrected chi connectivity index (χ0v) is 25.8. The maximum Gasteiger partial charge on any atom is 0.429 e. The van der Waals surface area contributed by atoms with Crippen molar-refractivity contribution in [1.29, 1.82) is 0 Å². The third-order valence-electron chi connectivity index (χ3n) is 8.16. The summed E-state index contributed by atoms with van der Waals surface area (Å²) in [6.45, 7) is 3.61. The fraction of sp³-hybridized carbons (Fsp3) is 0.433. The Kier molecular flexibility index (Phi) is 9.54. The first-order valence-electron chi connectivity index (χ1n) is 14.3. The molecule has 0 aliphatic carbocycles. The van der Waals surface area contributed by atoms with E-state index < -0.39 is 41.5 Å². The summed E-state index contributed by atoms with van der Waals surface area (Å²) in [6.07, 6.45) is -10.6. The molecule has 2 fully saturated rings. The van der Waals surface area contributed by atoms with E-state index >= 15 is 0 Å². The number of nitrogens with two attached hydrogens (primary N) is 1. The van der Waals surface area contributed by atoms with Crippen LogP contribution in [-0.2, 0) is 15.7 Å². The van der Waals surface area contributed by atoms with Gasteiger partial charge in [0.15, 0.2) is 0 Å². The van der Waals surface area contributed by atoms with Crippen LogP contribution in [-0.4, -0.2) is 54.4 Å². The molecule has 1 spiro atoms. The minimum atomic E-state index is -5.05. The van der Waals surface area contributed by atoms with Crippen molar-refractivity contribution in [2.45, 2.75) is 50.7 Å². The first kappa shape index (κ1) is 33.9. The fourth-order valence-electron chi connectivity index (χ4n) is 5.91. The first-order valence-corrected chi connectivity index (χ1v) is 15.0. The SMILES string of the molecule is CCOC(=O)[C@@H]1CC2(CCN(c3cc(O[C@H](c4ccc(Cl)cc4-c4cc(Cl)cc(C(F)(F)F)c4)C(F)(F)F)nc(N)n3)CC2)CN1. The van der Waals surface area contributed by atoms with Gasteiger partial charge in [-0.3, -0.25) is 4.79 Å². The van der Waals surface area contributed by atoms with E-state index in [1.807, 2.05) is 4.90 Å². The molecule has 3 heterocycles. The Morgan fingerprint density at radius 1 is 1.07 bits per heavy atom. The highest BCUT2D eigenvalue weighted by atomic mass is 35.5. The van der Waals surface area contributed by atoms with Gasteiger partial charge in [-0.25, -0.2) is 0 Å². The molecule has 2 aliphatic rings. The molecule has 3 aromatic rings. The van der Waals surface area contributed by atoms with Crippen LogP contribution in [0.3, 0.4) is 0 Å². The van der Waals surface area contributed by atoms with Crippen molar-refractivity contribution in [2.75, 3.05) is 36.9 Å². The normalized spacial score (nSPS) is 18.9. The van der Waals surface area contributed by atoms with Crippen LogP contribution < -0.4 is 20.7 Å². The summed E-state index contributed by atoms with van der Waals surface area (Å²) in [4.78, 5) is 22.1. The number of esters is 1. The van der Waals surface area contributed by atoms with Crippen molar-refractivity contribution >= 4 is 40.9 Å². The highest BCUT2D eigenvalue weighted by Crippen LogP contribution is 2.45. The maximum atomic E-state index is 14.6. The molecule has 2 atom stereocenters. The molecule has 0 bridgehead atoms. The van der Waals surface area contributed by atoms with E-state index in [1.54, 1.807) is 6.92 Å². The van der Waals surface area contributed by atoms with Crippen molar-refractivity contribution in [3.05, 3.63) is 63.6 Å². The number of nitrogens with zero attached hydrogens (tertiary/aromatic N) is 3. The number of piperidine rings is 1. The molecular formula is C30H29Cl2F6N5O3. The van der Waals surface area contributed by atoms with Gasteiger partial charge in [0, 0.05) is 41.3 Å². The molecule has 1 aromatic heterocycles. The van der Waals surface area contributed by atoms with Gasteiger partial charge in [-0.1, -0.05) is 29.3 Å². The average Bonchev–Trinajstić information content (AvgIpc) is 3.38. The van der Waals surface area contributed by atoms with E-state index in [1.165, 1.54) is 12.1 Å². The van der Waals surface area contributed by atoms with Gasteiger partial charge < -0.3 is 25.4 Å². The minimum absolute atomic E-state index is 0.0179. The Bertz CT molecular complexity index is 1600. The third-order valence-corrected chi connectivity index (χ3v) is 8.61. The van der Waals surface area contributed by atoms with E-state index in [-0.39, 0.29) is 50.9 Å². The zero-order chi connectivity index (χ0) is 33.4.